The molecule has 0 aliphatic carbocycles. The third-order valence-electron chi connectivity index (χ3n) is 5.39. The molecule has 0 aromatic heterocycles. The van der Waals surface area contributed by atoms with Crippen LogP contribution in [0, 0.1) is 5.92 Å². The molecule has 0 bridgehead atoms. The molecule has 2 atom stereocenters. The molecule has 3 aromatic rings. The number of nitrogens with zero attached hydrogens (tertiary/aromatic N) is 1. The van der Waals surface area contributed by atoms with E-state index in [-0.39, 0.29) is 12.5 Å². The fraction of sp³-hybridized carbons (Fsp3) is 0.269. The van der Waals surface area contributed by atoms with Crippen molar-refractivity contribution in [2.24, 2.45) is 5.92 Å². The summed E-state index contributed by atoms with van der Waals surface area (Å²) in [5, 5.41) is 4.74. The lowest BCUT2D eigenvalue weighted by atomic mass is 10.0. The molecule has 164 valence electrons. The molecule has 4 rings (SSSR count). The van der Waals surface area contributed by atoms with E-state index < -0.39 is 29.4 Å². The van der Waals surface area contributed by atoms with Crippen LogP contribution in [0.3, 0.4) is 0 Å². The SMILES string of the molecule is CC(C)(C)OC(=O)[C@H]1CN(c2ccccc2)C(=O)[C@H]1NC(=O)c1ccc2ccccc2c1. The Morgan fingerprint density at radius 2 is 1.59 bits per heavy atom. The minimum Gasteiger partial charge on any atom is -0.460 e. The van der Waals surface area contributed by atoms with Crippen LogP contribution < -0.4 is 10.2 Å². The molecule has 0 saturated carbocycles. The summed E-state index contributed by atoms with van der Waals surface area (Å²) < 4.78 is 5.56. The number of benzene rings is 3. The number of amides is 2. The molecule has 1 aliphatic rings. The van der Waals surface area contributed by atoms with Gasteiger partial charge < -0.3 is 15.0 Å². The number of nitrogens with one attached hydrogen (secondary N) is 1. The van der Waals surface area contributed by atoms with Crippen LogP contribution in [-0.4, -0.2) is 36.0 Å². The van der Waals surface area contributed by atoms with Crippen molar-refractivity contribution in [1.29, 1.82) is 0 Å². The Kier molecular flexibility index (Phi) is 5.70. The standard InChI is InChI=1S/C26H26N2O4/c1-26(2,3)32-25(31)21-16-28(20-11-5-4-6-12-20)24(30)22(21)27-23(29)19-14-13-17-9-7-8-10-18(17)15-19/h4-15,21-22H,16H2,1-3H3,(H,27,29)/t21-,22-/m0/s1. The van der Waals surface area contributed by atoms with E-state index in [1.165, 1.54) is 4.90 Å². The van der Waals surface area contributed by atoms with Crippen molar-refractivity contribution in [3.63, 3.8) is 0 Å². The fourth-order valence-electron chi connectivity index (χ4n) is 3.88. The molecule has 1 saturated heterocycles. The number of hydrogen-bond donors (Lipinski definition) is 1. The second-order valence-corrected chi connectivity index (χ2v) is 8.94. The number of carbonyl (C=O) groups excluding carboxylic acids is 3. The van der Waals surface area contributed by atoms with Crippen LogP contribution in [0.4, 0.5) is 5.69 Å². The van der Waals surface area contributed by atoms with Crippen molar-refractivity contribution in [3.8, 4) is 0 Å². The quantitative estimate of drug-likeness (QED) is 0.636. The first-order valence-corrected chi connectivity index (χ1v) is 10.6. The number of para-hydroxylation sites is 1. The van der Waals surface area contributed by atoms with E-state index in [1.807, 2.05) is 48.5 Å². The van der Waals surface area contributed by atoms with E-state index in [2.05, 4.69) is 5.32 Å². The Morgan fingerprint density at radius 1 is 0.938 bits per heavy atom. The molecule has 0 spiro atoms. The molecule has 0 unspecified atom stereocenters. The minimum atomic E-state index is -1.01. The lowest BCUT2D eigenvalue weighted by molar-refractivity contribution is -0.160. The van der Waals surface area contributed by atoms with Crippen LogP contribution in [0.15, 0.2) is 72.8 Å². The predicted molar refractivity (Wildman–Crippen MR) is 123 cm³/mol. The van der Waals surface area contributed by atoms with Gasteiger partial charge >= 0.3 is 5.97 Å². The summed E-state index contributed by atoms with van der Waals surface area (Å²) in [4.78, 5) is 40.8. The first-order valence-electron chi connectivity index (χ1n) is 10.6. The molecule has 1 aliphatic heterocycles. The van der Waals surface area contributed by atoms with Gasteiger partial charge in [0, 0.05) is 17.8 Å². The Hall–Kier alpha value is -3.67. The van der Waals surface area contributed by atoms with Gasteiger partial charge in [0.25, 0.3) is 11.8 Å². The highest BCUT2D eigenvalue weighted by Gasteiger charge is 2.47. The molecule has 1 fully saturated rings. The van der Waals surface area contributed by atoms with Crippen molar-refractivity contribution in [1.82, 2.24) is 5.32 Å². The summed E-state index contributed by atoms with van der Waals surface area (Å²) in [6, 6.07) is 21.2. The van der Waals surface area contributed by atoms with Crippen LogP contribution in [0.5, 0.6) is 0 Å². The first-order chi connectivity index (χ1) is 15.2. The Balaban J connectivity index is 1.62. The summed E-state index contributed by atoms with van der Waals surface area (Å²) in [7, 11) is 0. The zero-order valence-corrected chi connectivity index (χ0v) is 18.4. The van der Waals surface area contributed by atoms with E-state index in [1.54, 1.807) is 45.0 Å². The van der Waals surface area contributed by atoms with Gasteiger partial charge in [0.15, 0.2) is 0 Å². The lowest BCUT2D eigenvalue weighted by Crippen LogP contribution is -2.47. The number of anilines is 1. The predicted octanol–water partition coefficient (Wildman–Crippen LogP) is 3.94. The molecule has 6 heteroatoms. The zero-order valence-electron chi connectivity index (χ0n) is 18.4. The van der Waals surface area contributed by atoms with Crippen LogP contribution in [-0.2, 0) is 14.3 Å². The number of fused-ring (bicyclic) bond motifs is 1. The number of hydrogen-bond acceptors (Lipinski definition) is 4. The third kappa shape index (κ3) is 4.49. The maximum atomic E-state index is 13.3. The van der Waals surface area contributed by atoms with Gasteiger partial charge in [0.05, 0.1) is 0 Å². The topological polar surface area (TPSA) is 75.7 Å². The van der Waals surface area contributed by atoms with E-state index in [0.29, 0.717) is 11.3 Å². The van der Waals surface area contributed by atoms with Gasteiger partial charge in [0.2, 0.25) is 0 Å². The molecule has 6 nitrogen and oxygen atoms in total. The van der Waals surface area contributed by atoms with E-state index in [0.717, 1.165) is 10.8 Å². The summed E-state index contributed by atoms with van der Waals surface area (Å²) in [6.45, 7) is 5.47. The normalized spacial score (nSPS) is 18.6. The average molecular weight is 431 g/mol. The fourth-order valence-corrected chi connectivity index (χ4v) is 3.88. The van der Waals surface area contributed by atoms with E-state index in [4.69, 9.17) is 4.74 Å². The molecule has 0 radical (unpaired) electrons. The summed E-state index contributed by atoms with van der Waals surface area (Å²) in [5.74, 6) is -2.06. The van der Waals surface area contributed by atoms with Crippen molar-refractivity contribution >= 4 is 34.2 Å². The summed E-state index contributed by atoms with van der Waals surface area (Å²) in [6.07, 6.45) is 0. The van der Waals surface area contributed by atoms with Crippen molar-refractivity contribution in [3.05, 3.63) is 78.4 Å². The molecule has 2 amide bonds. The van der Waals surface area contributed by atoms with Crippen molar-refractivity contribution < 1.29 is 19.1 Å². The highest BCUT2D eigenvalue weighted by Crippen LogP contribution is 2.28. The van der Waals surface area contributed by atoms with Crippen LogP contribution in [0.25, 0.3) is 10.8 Å². The molecular weight excluding hydrogens is 404 g/mol. The van der Waals surface area contributed by atoms with Gasteiger partial charge in [-0.1, -0.05) is 48.5 Å². The molecule has 1 heterocycles. The number of carbonyl (C=O) groups is 3. The monoisotopic (exact) mass is 430 g/mol. The number of ether oxygens (including phenoxy) is 1. The Morgan fingerprint density at radius 3 is 2.28 bits per heavy atom. The summed E-state index contributed by atoms with van der Waals surface area (Å²) in [5.41, 5.74) is 0.402. The number of rotatable bonds is 4. The smallest absolute Gasteiger partial charge is 0.313 e. The second kappa shape index (κ2) is 8.46. The van der Waals surface area contributed by atoms with Crippen LogP contribution >= 0.6 is 0 Å². The van der Waals surface area contributed by atoms with Crippen LogP contribution in [0.2, 0.25) is 0 Å². The van der Waals surface area contributed by atoms with Gasteiger partial charge in [-0.15, -0.1) is 0 Å². The van der Waals surface area contributed by atoms with E-state index >= 15 is 0 Å². The minimum absolute atomic E-state index is 0.139. The molecule has 3 aromatic carbocycles. The van der Waals surface area contributed by atoms with Crippen LogP contribution in [0.1, 0.15) is 31.1 Å². The second-order valence-electron chi connectivity index (χ2n) is 8.94. The maximum Gasteiger partial charge on any atom is 0.313 e. The number of esters is 1. The average Bonchev–Trinajstić information content (AvgIpc) is 3.09. The molecule has 32 heavy (non-hydrogen) atoms. The largest absolute Gasteiger partial charge is 0.460 e. The maximum absolute atomic E-state index is 13.3. The highest BCUT2D eigenvalue weighted by molar-refractivity contribution is 6.07. The van der Waals surface area contributed by atoms with Crippen molar-refractivity contribution in [2.75, 3.05) is 11.4 Å². The van der Waals surface area contributed by atoms with Gasteiger partial charge in [-0.25, -0.2) is 0 Å². The van der Waals surface area contributed by atoms with Gasteiger partial charge in [-0.3, -0.25) is 14.4 Å². The van der Waals surface area contributed by atoms with Crippen molar-refractivity contribution in [2.45, 2.75) is 32.4 Å². The Bertz CT molecular complexity index is 1170. The van der Waals surface area contributed by atoms with Gasteiger partial charge in [0.1, 0.15) is 17.6 Å². The highest BCUT2D eigenvalue weighted by atomic mass is 16.6. The van der Waals surface area contributed by atoms with Gasteiger partial charge in [-0.05, 0) is 55.8 Å². The first kappa shape index (κ1) is 21.6. The molecular formula is C26H26N2O4. The summed E-state index contributed by atoms with van der Waals surface area (Å²) >= 11 is 0. The lowest BCUT2D eigenvalue weighted by Gasteiger charge is -2.24. The zero-order chi connectivity index (χ0) is 22.9. The van der Waals surface area contributed by atoms with Gasteiger partial charge in [-0.2, -0.15) is 0 Å². The molecule has 1 N–H and O–H groups in total. The third-order valence-corrected chi connectivity index (χ3v) is 5.39. The Labute approximate surface area is 187 Å². The van der Waals surface area contributed by atoms with E-state index in [9.17, 15) is 14.4 Å².